The Kier molecular flexibility index (Phi) is 3.98. The lowest BCUT2D eigenvalue weighted by Crippen LogP contribution is -1.95. The molecule has 4 rings (SSSR count). The highest BCUT2D eigenvalue weighted by atomic mass is 19.1. The van der Waals surface area contributed by atoms with Gasteiger partial charge < -0.3 is 0 Å². The van der Waals surface area contributed by atoms with Gasteiger partial charge in [-0.1, -0.05) is 30.4 Å². The number of nitrogens with zero attached hydrogens (tertiary/aromatic N) is 2. The fourth-order valence-electron chi connectivity index (χ4n) is 3.09. The molecule has 122 valence electrons. The average molecular weight is 328 g/mol. The normalized spacial score (nSPS) is 14.2. The first kappa shape index (κ1) is 15.5. The van der Waals surface area contributed by atoms with E-state index in [4.69, 9.17) is 4.98 Å². The number of benzene rings is 1. The topological polar surface area (TPSA) is 25.8 Å². The number of hydrogen-bond donors (Lipinski definition) is 0. The summed E-state index contributed by atoms with van der Waals surface area (Å²) in [6.07, 6.45) is 12.6. The van der Waals surface area contributed by atoms with Gasteiger partial charge in [0.05, 0.1) is 11.2 Å². The van der Waals surface area contributed by atoms with Crippen LogP contribution in [0, 0.1) is 12.7 Å². The van der Waals surface area contributed by atoms with Crippen molar-refractivity contribution in [3.8, 4) is 0 Å². The lowest BCUT2D eigenvalue weighted by Gasteiger charge is -2.13. The van der Waals surface area contributed by atoms with Gasteiger partial charge in [0.25, 0.3) is 0 Å². The van der Waals surface area contributed by atoms with Gasteiger partial charge in [0.2, 0.25) is 0 Å². The van der Waals surface area contributed by atoms with Gasteiger partial charge in [0.15, 0.2) is 0 Å². The number of hydrogen-bond acceptors (Lipinski definition) is 2. The van der Waals surface area contributed by atoms with Crippen LogP contribution in [0.2, 0.25) is 0 Å². The van der Waals surface area contributed by atoms with E-state index in [1.165, 1.54) is 6.07 Å². The van der Waals surface area contributed by atoms with Crippen molar-refractivity contribution in [1.82, 2.24) is 9.97 Å². The van der Waals surface area contributed by atoms with E-state index in [0.29, 0.717) is 5.56 Å². The standard InChI is InChI=1S/C22H17FN2/c1-15-13-16(7-9-20(15)23)18-5-3-2-4-6-19(18)22-10-8-17-14-24-12-11-21(17)25-22/h2-4,6-14H,5H2,1H3. The van der Waals surface area contributed by atoms with Crippen LogP contribution in [0.15, 0.2) is 73.1 Å². The Labute approximate surface area is 146 Å². The Bertz CT molecular complexity index is 1040. The maximum absolute atomic E-state index is 13.7. The first-order valence-corrected chi connectivity index (χ1v) is 8.26. The van der Waals surface area contributed by atoms with E-state index in [2.05, 4.69) is 17.1 Å². The van der Waals surface area contributed by atoms with Crippen molar-refractivity contribution in [3.63, 3.8) is 0 Å². The molecular formula is C22H17FN2. The molecule has 0 bridgehead atoms. The minimum Gasteiger partial charge on any atom is -0.264 e. The van der Waals surface area contributed by atoms with E-state index in [0.717, 1.165) is 39.7 Å². The van der Waals surface area contributed by atoms with Gasteiger partial charge in [-0.05, 0) is 60.4 Å². The Morgan fingerprint density at radius 3 is 2.84 bits per heavy atom. The summed E-state index contributed by atoms with van der Waals surface area (Å²) in [5.74, 6) is -0.179. The van der Waals surface area contributed by atoms with Crippen LogP contribution in [0.1, 0.15) is 23.2 Å². The molecule has 3 aromatic rings. The number of halogens is 1. The van der Waals surface area contributed by atoms with Gasteiger partial charge in [-0.3, -0.25) is 4.98 Å². The SMILES string of the molecule is Cc1cc(C2=C(c3ccc4cnccc4n3)C=CC=CC2)ccc1F. The molecule has 2 nitrogen and oxygen atoms in total. The molecule has 0 N–H and O–H groups in total. The largest absolute Gasteiger partial charge is 0.264 e. The molecule has 0 spiro atoms. The molecule has 0 fully saturated rings. The molecule has 1 aliphatic carbocycles. The molecule has 2 aromatic heterocycles. The van der Waals surface area contributed by atoms with Gasteiger partial charge in [-0.15, -0.1) is 0 Å². The van der Waals surface area contributed by atoms with E-state index in [9.17, 15) is 4.39 Å². The van der Waals surface area contributed by atoms with E-state index < -0.39 is 0 Å². The maximum atomic E-state index is 13.7. The van der Waals surface area contributed by atoms with Gasteiger partial charge in [0, 0.05) is 23.4 Å². The highest BCUT2D eigenvalue weighted by Gasteiger charge is 2.13. The fourth-order valence-corrected chi connectivity index (χ4v) is 3.09. The number of aryl methyl sites for hydroxylation is 1. The molecule has 1 aromatic carbocycles. The molecule has 0 aliphatic heterocycles. The lowest BCUT2D eigenvalue weighted by molar-refractivity contribution is 0.618. The number of pyridine rings is 2. The van der Waals surface area contributed by atoms with Gasteiger partial charge in [0.1, 0.15) is 5.82 Å². The smallest absolute Gasteiger partial charge is 0.126 e. The van der Waals surface area contributed by atoms with Crippen LogP contribution in [0.25, 0.3) is 22.0 Å². The zero-order chi connectivity index (χ0) is 17.2. The Balaban J connectivity index is 1.91. The Hall–Kier alpha value is -3.07. The first-order valence-electron chi connectivity index (χ1n) is 8.26. The summed E-state index contributed by atoms with van der Waals surface area (Å²) in [4.78, 5) is 8.94. The minimum atomic E-state index is -0.179. The third kappa shape index (κ3) is 3.01. The van der Waals surface area contributed by atoms with Crippen LogP contribution in [-0.2, 0) is 0 Å². The zero-order valence-electron chi connectivity index (χ0n) is 13.9. The summed E-state index contributed by atoms with van der Waals surface area (Å²) in [5.41, 5.74) is 5.72. The minimum absolute atomic E-state index is 0.179. The summed E-state index contributed by atoms with van der Waals surface area (Å²) < 4.78 is 13.7. The van der Waals surface area contributed by atoms with E-state index in [-0.39, 0.29) is 5.82 Å². The quantitative estimate of drug-likeness (QED) is 0.620. The van der Waals surface area contributed by atoms with Crippen LogP contribution in [0.5, 0.6) is 0 Å². The summed E-state index contributed by atoms with van der Waals surface area (Å²) in [6, 6.07) is 11.3. The van der Waals surface area contributed by atoms with Gasteiger partial charge in [-0.25, -0.2) is 9.37 Å². The van der Waals surface area contributed by atoms with Crippen LogP contribution < -0.4 is 0 Å². The summed E-state index contributed by atoms with van der Waals surface area (Å²) in [7, 11) is 0. The Morgan fingerprint density at radius 1 is 1.04 bits per heavy atom. The van der Waals surface area contributed by atoms with Crippen LogP contribution >= 0.6 is 0 Å². The molecule has 0 saturated heterocycles. The second kappa shape index (κ2) is 6.44. The van der Waals surface area contributed by atoms with Crippen molar-refractivity contribution >= 4 is 22.0 Å². The number of fused-ring (bicyclic) bond motifs is 1. The summed E-state index contributed by atoms with van der Waals surface area (Å²) in [5, 5.41) is 1.02. The molecular weight excluding hydrogens is 311 g/mol. The van der Waals surface area contributed by atoms with Crippen LogP contribution in [0.3, 0.4) is 0 Å². The predicted octanol–water partition coefficient (Wildman–Crippen LogP) is 5.50. The summed E-state index contributed by atoms with van der Waals surface area (Å²) >= 11 is 0. The van der Waals surface area contributed by atoms with Crippen molar-refractivity contribution in [2.75, 3.05) is 0 Å². The lowest BCUT2D eigenvalue weighted by atomic mass is 9.94. The molecule has 0 amide bonds. The summed E-state index contributed by atoms with van der Waals surface area (Å²) in [6.45, 7) is 1.79. The number of aromatic nitrogens is 2. The van der Waals surface area contributed by atoms with E-state index in [1.54, 1.807) is 13.1 Å². The molecule has 0 saturated carbocycles. The average Bonchev–Trinajstić information content (AvgIpc) is 2.89. The first-order chi connectivity index (χ1) is 12.2. The maximum Gasteiger partial charge on any atom is 0.126 e. The third-order valence-corrected chi connectivity index (χ3v) is 4.43. The Morgan fingerprint density at radius 2 is 1.96 bits per heavy atom. The van der Waals surface area contributed by atoms with Crippen molar-refractivity contribution < 1.29 is 4.39 Å². The molecule has 2 heterocycles. The molecule has 3 heteroatoms. The van der Waals surface area contributed by atoms with Crippen LogP contribution in [-0.4, -0.2) is 9.97 Å². The second-order valence-electron chi connectivity index (χ2n) is 6.11. The fraction of sp³-hybridized carbons (Fsp3) is 0.0909. The highest BCUT2D eigenvalue weighted by molar-refractivity contribution is 5.97. The van der Waals surface area contributed by atoms with Gasteiger partial charge >= 0.3 is 0 Å². The van der Waals surface area contributed by atoms with E-state index in [1.807, 2.05) is 48.7 Å². The predicted molar refractivity (Wildman–Crippen MR) is 100 cm³/mol. The van der Waals surface area contributed by atoms with Crippen molar-refractivity contribution in [3.05, 3.63) is 95.7 Å². The van der Waals surface area contributed by atoms with Crippen molar-refractivity contribution in [2.45, 2.75) is 13.3 Å². The molecule has 0 unspecified atom stereocenters. The molecule has 25 heavy (non-hydrogen) atoms. The van der Waals surface area contributed by atoms with Crippen molar-refractivity contribution in [2.24, 2.45) is 0 Å². The van der Waals surface area contributed by atoms with Crippen LogP contribution in [0.4, 0.5) is 4.39 Å². The second-order valence-corrected chi connectivity index (χ2v) is 6.11. The molecule has 0 radical (unpaired) electrons. The zero-order valence-corrected chi connectivity index (χ0v) is 13.9. The number of rotatable bonds is 2. The van der Waals surface area contributed by atoms with E-state index >= 15 is 0 Å². The monoisotopic (exact) mass is 328 g/mol. The molecule has 1 aliphatic rings. The highest BCUT2D eigenvalue weighted by Crippen LogP contribution is 2.32. The van der Waals surface area contributed by atoms with Gasteiger partial charge in [-0.2, -0.15) is 0 Å². The third-order valence-electron chi connectivity index (χ3n) is 4.43. The number of allylic oxidation sites excluding steroid dienone is 6. The van der Waals surface area contributed by atoms with Crippen molar-refractivity contribution in [1.29, 1.82) is 0 Å². The molecule has 0 atom stereocenters.